The molecule has 0 aliphatic carbocycles. The summed E-state index contributed by atoms with van der Waals surface area (Å²) in [5.41, 5.74) is 18.0. The first-order valence-corrected chi connectivity index (χ1v) is 27.5. The number of aryl methyl sites for hydroxylation is 3. The van der Waals surface area contributed by atoms with E-state index in [4.69, 9.17) is 23.8 Å². The van der Waals surface area contributed by atoms with E-state index in [-0.39, 0.29) is 20.1 Å². The molecule has 12 rings (SSSR count). The number of rotatable bonds is 8. The van der Waals surface area contributed by atoms with E-state index >= 15 is 0 Å². The normalized spacial score (nSPS) is 11.7. The van der Waals surface area contributed by atoms with Crippen LogP contribution in [-0.4, -0.2) is 32.6 Å². The maximum atomic E-state index is 6.50. The fourth-order valence-electron chi connectivity index (χ4n) is 9.87. The smallest absolute Gasteiger partial charge is 0.216 e. The second-order valence-corrected chi connectivity index (χ2v) is 24.8. The molecule has 6 heterocycles. The first kappa shape index (κ1) is 47.4. The van der Waals surface area contributed by atoms with Crippen LogP contribution in [0.4, 0.5) is 0 Å². The van der Waals surface area contributed by atoms with Gasteiger partial charge in [0.15, 0.2) is 0 Å². The van der Waals surface area contributed by atoms with Crippen molar-refractivity contribution in [3.05, 3.63) is 193 Å². The maximum absolute atomic E-state index is 6.50. The van der Waals surface area contributed by atoms with Gasteiger partial charge in [0.05, 0.1) is 36.7 Å². The summed E-state index contributed by atoms with van der Waals surface area (Å²) in [6.07, 6.45) is 4.90. The largest absolute Gasteiger partial charge is 0.486 e. The van der Waals surface area contributed by atoms with Gasteiger partial charge in [0.2, 0.25) is 5.71 Å². The Morgan fingerprint density at radius 3 is 2.13 bits per heavy atom. The van der Waals surface area contributed by atoms with E-state index in [9.17, 15) is 0 Å². The van der Waals surface area contributed by atoms with Gasteiger partial charge >= 0.3 is 0 Å². The number of furan rings is 2. The number of pyridine rings is 3. The third-order valence-electron chi connectivity index (χ3n) is 13.1. The Bertz CT molecular complexity index is 3900. The van der Waals surface area contributed by atoms with Crippen molar-refractivity contribution in [1.82, 2.24) is 24.5 Å². The van der Waals surface area contributed by atoms with Gasteiger partial charge < -0.3 is 18.4 Å². The van der Waals surface area contributed by atoms with Crippen LogP contribution in [0, 0.1) is 38.8 Å². The molecule has 0 amide bonds. The molecular formula is C62H53IrN5O2Si-2. The van der Waals surface area contributed by atoms with Crippen LogP contribution in [0.25, 0.3) is 106 Å². The topological polar surface area (TPSA) is 82.8 Å². The summed E-state index contributed by atoms with van der Waals surface area (Å²) in [5, 5.41) is 5.67. The fraction of sp³-hybridized carbons (Fsp3) is 0.161. The van der Waals surface area contributed by atoms with Crippen LogP contribution in [0.1, 0.15) is 36.4 Å². The van der Waals surface area contributed by atoms with Crippen LogP contribution in [0.15, 0.2) is 167 Å². The van der Waals surface area contributed by atoms with Gasteiger partial charge in [-0.25, -0.2) is 4.98 Å². The number of nitrogens with zero attached hydrogens (tertiary/aromatic N) is 5. The molecule has 0 unspecified atom stereocenters. The van der Waals surface area contributed by atoms with Crippen molar-refractivity contribution >= 4 is 68.3 Å². The molecule has 353 valence electrons. The van der Waals surface area contributed by atoms with Crippen LogP contribution in [-0.2, 0) is 26.5 Å². The SMILES string of the molecule is C[Si](C)(C)c1cnc(-c2[c-]cccc2)cc1-c1cccc2c1oc1ccccc12.Cc1cc2nc(-c3[c-]ccc4c3oc3nc(CC(C)C)ccc34)n(-c3c(C)cc(-c4ccccc4)cc3C)c2cn1.[Ir]. The van der Waals surface area contributed by atoms with E-state index in [1.165, 1.54) is 21.9 Å². The van der Waals surface area contributed by atoms with Crippen molar-refractivity contribution in [2.75, 3.05) is 0 Å². The van der Waals surface area contributed by atoms with Gasteiger partial charge in [-0.1, -0.05) is 117 Å². The fourth-order valence-corrected chi connectivity index (χ4v) is 11.3. The van der Waals surface area contributed by atoms with Gasteiger partial charge in [-0.3, -0.25) is 9.97 Å². The number of aromatic nitrogens is 5. The van der Waals surface area contributed by atoms with E-state index < -0.39 is 8.07 Å². The number of benzene rings is 6. The summed E-state index contributed by atoms with van der Waals surface area (Å²) in [6.45, 7) is 17.8. The molecule has 0 atom stereocenters. The molecule has 6 aromatic carbocycles. The van der Waals surface area contributed by atoms with Gasteiger partial charge in [0, 0.05) is 65.1 Å². The van der Waals surface area contributed by atoms with Crippen LogP contribution < -0.4 is 5.19 Å². The number of hydrogen-bond donors (Lipinski definition) is 0. The zero-order valence-corrected chi connectivity index (χ0v) is 44.6. The van der Waals surface area contributed by atoms with Gasteiger partial charge in [0.1, 0.15) is 11.2 Å². The molecule has 0 saturated heterocycles. The molecule has 7 nitrogen and oxygen atoms in total. The van der Waals surface area contributed by atoms with Crippen molar-refractivity contribution in [3.63, 3.8) is 0 Å². The van der Waals surface area contributed by atoms with Crippen molar-refractivity contribution in [1.29, 1.82) is 0 Å². The van der Waals surface area contributed by atoms with Crippen LogP contribution in [0.5, 0.6) is 0 Å². The molecule has 0 spiro atoms. The first-order valence-electron chi connectivity index (χ1n) is 24.0. The molecule has 0 aliphatic heterocycles. The summed E-state index contributed by atoms with van der Waals surface area (Å²) in [5.74, 6) is 1.29. The summed E-state index contributed by atoms with van der Waals surface area (Å²) >= 11 is 0. The molecule has 1 radical (unpaired) electrons. The maximum Gasteiger partial charge on any atom is 0.216 e. The van der Waals surface area contributed by atoms with Gasteiger partial charge in [-0.2, -0.15) is 0 Å². The van der Waals surface area contributed by atoms with Gasteiger partial charge in [-0.05, 0) is 108 Å². The Morgan fingerprint density at radius 2 is 1.37 bits per heavy atom. The van der Waals surface area contributed by atoms with Crippen LogP contribution in [0.2, 0.25) is 19.6 Å². The molecule has 0 aliphatic rings. The molecular weight excluding hydrogens is 1070 g/mol. The molecule has 0 fully saturated rings. The average Bonchev–Trinajstić information content (AvgIpc) is 4.05. The Hall–Kier alpha value is -7.29. The predicted molar refractivity (Wildman–Crippen MR) is 291 cm³/mol. The van der Waals surface area contributed by atoms with E-state index in [2.05, 4.69) is 172 Å². The van der Waals surface area contributed by atoms with E-state index in [1.54, 1.807) is 0 Å². The van der Waals surface area contributed by atoms with Crippen molar-refractivity contribution in [3.8, 4) is 50.6 Å². The molecule has 0 saturated carbocycles. The monoisotopic (exact) mass is 1120 g/mol. The minimum absolute atomic E-state index is 0. The average molecular weight is 1120 g/mol. The Morgan fingerprint density at radius 1 is 0.620 bits per heavy atom. The Labute approximate surface area is 429 Å². The Balaban J connectivity index is 0.000000171. The molecule has 9 heteroatoms. The third-order valence-corrected chi connectivity index (χ3v) is 15.1. The van der Waals surface area contributed by atoms with E-state index in [1.807, 2.05) is 61.7 Å². The van der Waals surface area contributed by atoms with E-state index in [0.717, 1.165) is 112 Å². The minimum atomic E-state index is -1.63. The molecule has 0 bridgehead atoms. The van der Waals surface area contributed by atoms with Crippen molar-refractivity contribution < 1.29 is 28.9 Å². The van der Waals surface area contributed by atoms with E-state index in [0.29, 0.717) is 11.6 Å². The number of fused-ring (bicyclic) bond motifs is 7. The Kier molecular flexibility index (Phi) is 12.8. The second kappa shape index (κ2) is 19.1. The van der Waals surface area contributed by atoms with Crippen molar-refractivity contribution in [2.45, 2.75) is 60.7 Å². The first-order chi connectivity index (χ1) is 33.9. The number of hydrogen-bond acceptors (Lipinski definition) is 6. The zero-order chi connectivity index (χ0) is 48.3. The second-order valence-electron chi connectivity index (χ2n) is 19.8. The third kappa shape index (κ3) is 8.95. The molecule has 0 N–H and O–H groups in total. The number of para-hydroxylation sites is 2. The zero-order valence-electron chi connectivity index (χ0n) is 41.2. The van der Waals surface area contributed by atoms with Gasteiger partial charge in [-0.15, -0.1) is 54.1 Å². The summed E-state index contributed by atoms with van der Waals surface area (Å²) in [6, 6.07) is 57.0. The summed E-state index contributed by atoms with van der Waals surface area (Å²) < 4.78 is 15.1. The predicted octanol–water partition coefficient (Wildman–Crippen LogP) is 15.6. The summed E-state index contributed by atoms with van der Waals surface area (Å²) in [4.78, 5) is 19.5. The minimum Gasteiger partial charge on any atom is -0.486 e. The van der Waals surface area contributed by atoms with Gasteiger partial charge in [0.25, 0.3) is 0 Å². The summed E-state index contributed by atoms with van der Waals surface area (Å²) in [7, 11) is -1.63. The van der Waals surface area contributed by atoms with Crippen LogP contribution >= 0.6 is 0 Å². The molecule has 12 aromatic rings. The van der Waals surface area contributed by atoms with Crippen molar-refractivity contribution in [2.24, 2.45) is 5.92 Å². The standard InChI is InChI=1S/C36H31N4O.C26H22NOSi.Ir/c1-21(2)16-27-14-15-29-28-12-9-13-30(34(28)41-36(29)38-27)35-39-31-19-24(5)37-20-32(31)40(35)33-22(3)17-26(18-23(33)4)25-10-7-6-8-11-25;1-29(2,3)25-17-27-23(18-10-5-4-6-11-18)16-22(25)21-14-9-13-20-19-12-7-8-15-24(19)28-26(20)21;/h6-12,14-15,17-21H,16H2,1-5H3;4-10,12-17H,1-3H3;/q2*-1;. The number of imidazole rings is 1. The van der Waals surface area contributed by atoms with Crippen LogP contribution in [0.3, 0.4) is 0 Å². The molecule has 71 heavy (non-hydrogen) atoms. The molecule has 6 aromatic heterocycles. The quantitative estimate of drug-likeness (QED) is 0.111.